The minimum atomic E-state index is -4.52. The maximum Gasteiger partial charge on any atom is 0.416 e. The molecule has 3 rings (SSSR count). The van der Waals surface area contributed by atoms with Crippen molar-refractivity contribution in [1.82, 2.24) is 4.90 Å². The summed E-state index contributed by atoms with van der Waals surface area (Å²) in [7, 11) is 0. The van der Waals surface area contributed by atoms with Crippen molar-refractivity contribution in [2.75, 3.05) is 6.61 Å². The zero-order chi connectivity index (χ0) is 26.5. The number of carbonyl (C=O) groups excluding carboxylic acids is 3. The smallest absolute Gasteiger partial charge is 0.416 e. The number of rotatable bonds is 8. The SMILES string of the molecule is CCOC(=O)C(CC)N1C(=O)CC(c2ccc(C(F)(F)F)cc2)C(C(=O)OCc2ccccc2)=C1C. The fraction of sp³-hybridized carbons (Fsp3) is 0.370. The van der Waals surface area contributed by atoms with E-state index in [-0.39, 0.29) is 37.3 Å². The lowest BCUT2D eigenvalue weighted by atomic mass is 9.82. The molecule has 0 fully saturated rings. The lowest BCUT2D eigenvalue weighted by Gasteiger charge is -2.38. The summed E-state index contributed by atoms with van der Waals surface area (Å²) in [5.74, 6) is -2.58. The average molecular weight is 504 g/mol. The number of nitrogens with zero attached hydrogens (tertiary/aromatic N) is 1. The number of esters is 2. The van der Waals surface area contributed by atoms with Crippen LogP contribution in [0.4, 0.5) is 13.2 Å². The molecule has 1 heterocycles. The quantitative estimate of drug-likeness (QED) is 0.453. The maximum atomic E-state index is 13.3. The molecule has 0 saturated carbocycles. The van der Waals surface area contributed by atoms with Crippen LogP contribution in [0.2, 0.25) is 0 Å². The Hall–Kier alpha value is -3.62. The van der Waals surface area contributed by atoms with E-state index >= 15 is 0 Å². The Morgan fingerprint density at radius 2 is 1.67 bits per heavy atom. The molecule has 2 unspecified atom stereocenters. The first kappa shape index (κ1) is 27.0. The Bertz CT molecular complexity index is 1130. The second-order valence-corrected chi connectivity index (χ2v) is 8.38. The fourth-order valence-corrected chi connectivity index (χ4v) is 4.32. The van der Waals surface area contributed by atoms with Crippen LogP contribution in [0.5, 0.6) is 0 Å². The number of ether oxygens (including phenoxy) is 2. The van der Waals surface area contributed by atoms with Crippen molar-refractivity contribution in [3.8, 4) is 0 Å². The molecule has 1 aliphatic heterocycles. The van der Waals surface area contributed by atoms with Crippen molar-refractivity contribution in [3.05, 3.63) is 82.6 Å². The van der Waals surface area contributed by atoms with E-state index < -0.39 is 41.5 Å². The highest BCUT2D eigenvalue weighted by atomic mass is 19.4. The number of allylic oxidation sites excluding steroid dienone is 1. The highest BCUT2D eigenvalue weighted by Gasteiger charge is 2.42. The predicted octanol–water partition coefficient (Wildman–Crippen LogP) is 5.38. The van der Waals surface area contributed by atoms with Gasteiger partial charge in [0.2, 0.25) is 5.91 Å². The lowest BCUT2D eigenvalue weighted by Crippen LogP contribution is -2.48. The minimum absolute atomic E-state index is 0.0286. The minimum Gasteiger partial charge on any atom is -0.464 e. The first-order valence-electron chi connectivity index (χ1n) is 11.7. The van der Waals surface area contributed by atoms with Gasteiger partial charge >= 0.3 is 18.1 Å². The molecule has 0 aromatic heterocycles. The van der Waals surface area contributed by atoms with Crippen LogP contribution in [0, 0.1) is 0 Å². The van der Waals surface area contributed by atoms with Crippen molar-refractivity contribution >= 4 is 17.8 Å². The van der Waals surface area contributed by atoms with Gasteiger partial charge in [0.15, 0.2) is 0 Å². The van der Waals surface area contributed by atoms with Gasteiger partial charge in [-0.05, 0) is 43.5 Å². The molecule has 0 N–H and O–H groups in total. The van der Waals surface area contributed by atoms with Crippen LogP contribution in [0.15, 0.2) is 65.9 Å². The highest BCUT2D eigenvalue weighted by Crippen LogP contribution is 2.39. The van der Waals surface area contributed by atoms with E-state index in [0.717, 1.165) is 17.7 Å². The number of amides is 1. The third-order valence-electron chi connectivity index (χ3n) is 6.08. The summed E-state index contributed by atoms with van der Waals surface area (Å²) in [5.41, 5.74) is 0.613. The van der Waals surface area contributed by atoms with Crippen molar-refractivity contribution in [2.45, 2.75) is 58.4 Å². The van der Waals surface area contributed by atoms with Crippen LogP contribution >= 0.6 is 0 Å². The Kier molecular flexibility index (Phi) is 8.55. The molecule has 6 nitrogen and oxygen atoms in total. The zero-order valence-electron chi connectivity index (χ0n) is 20.3. The van der Waals surface area contributed by atoms with E-state index in [1.54, 1.807) is 38.1 Å². The molecule has 0 radical (unpaired) electrons. The highest BCUT2D eigenvalue weighted by molar-refractivity contribution is 5.97. The van der Waals surface area contributed by atoms with E-state index in [1.807, 2.05) is 6.07 Å². The van der Waals surface area contributed by atoms with Crippen LogP contribution in [-0.2, 0) is 36.6 Å². The van der Waals surface area contributed by atoms with Gasteiger partial charge in [0.25, 0.3) is 0 Å². The molecule has 2 aromatic carbocycles. The van der Waals surface area contributed by atoms with Crippen molar-refractivity contribution in [3.63, 3.8) is 0 Å². The normalized spacial score (nSPS) is 17.1. The number of hydrogen-bond acceptors (Lipinski definition) is 5. The molecule has 2 atom stereocenters. The Labute approximate surface area is 207 Å². The molecular formula is C27H28F3NO5. The number of carbonyl (C=O) groups is 3. The third kappa shape index (κ3) is 5.95. The summed E-state index contributed by atoms with van der Waals surface area (Å²) in [4.78, 5) is 40.4. The largest absolute Gasteiger partial charge is 0.464 e. The summed E-state index contributed by atoms with van der Waals surface area (Å²) >= 11 is 0. The van der Waals surface area contributed by atoms with Crippen LogP contribution in [-0.4, -0.2) is 35.4 Å². The summed E-state index contributed by atoms with van der Waals surface area (Å²) in [6, 6.07) is 12.4. The van der Waals surface area contributed by atoms with Crippen LogP contribution in [0.3, 0.4) is 0 Å². The molecule has 0 aliphatic carbocycles. The van der Waals surface area contributed by atoms with Gasteiger partial charge in [-0.15, -0.1) is 0 Å². The van der Waals surface area contributed by atoms with E-state index in [2.05, 4.69) is 0 Å². The van der Waals surface area contributed by atoms with Gasteiger partial charge in [0, 0.05) is 18.0 Å². The molecule has 0 bridgehead atoms. The summed E-state index contributed by atoms with van der Waals surface area (Å²) in [6.07, 6.45) is -4.48. The second kappa shape index (κ2) is 11.4. The summed E-state index contributed by atoms with van der Waals surface area (Å²) in [6.45, 7) is 5.00. The molecule has 9 heteroatoms. The molecule has 2 aromatic rings. The molecule has 1 amide bonds. The van der Waals surface area contributed by atoms with Crippen molar-refractivity contribution in [2.24, 2.45) is 0 Å². The molecule has 1 aliphatic rings. The monoisotopic (exact) mass is 503 g/mol. The van der Waals surface area contributed by atoms with Gasteiger partial charge in [-0.1, -0.05) is 49.4 Å². The second-order valence-electron chi connectivity index (χ2n) is 8.38. The third-order valence-corrected chi connectivity index (χ3v) is 6.08. The molecule has 0 spiro atoms. The van der Waals surface area contributed by atoms with Gasteiger partial charge in [0.05, 0.1) is 17.7 Å². The Morgan fingerprint density at radius 3 is 2.22 bits per heavy atom. The first-order valence-corrected chi connectivity index (χ1v) is 11.7. The van der Waals surface area contributed by atoms with E-state index in [9.17, 15) is 27.6 Å². The molecule has 36 heavy (non-hydrogen) atoms. The topological polar surface area (TPSA) is 72.9 Å². The van der Waals surface area contributed by atoms with Crippen molar-refractivity contribution in [1.29, 1.82) is 0 Å². The fourth-order valence-electron chi connectivity index (χ4n) is 4.32. The van der Waals surface area contributed by atoms with Gasteiger partial charge in [-0.3, -0.25) is 4.79 Å². The lowest BCUT2D eigenvalue weighted by molar-refractivity contribution is -0.154. The van der Waals surface area contributed by atoms with Crippen LogP contribution in [0.1, 0.15) is 56.2 Å². The maximum absolute atomic E-state index is 13.3. The van der Waals surface area contributed by atoms with Crippen LogP contribution in [0.25, 0.3) is 0 Å². The number of halogens is 3. The van der Waals surface area contributed by atoms with E-state index in [0.29, 0.717) is 5.56 Å². The zero-order valence-corrected chi connectivity index (χ0v) is 20.3. The predicted molar refractivity (Wildman–Crippen MR) is 125 cm³/mol. The van der Waals surface area contributed by atoms with E-state index in [1.165, 1.54) is 24.0 Å². The van der Waals surface area contributed by atoms with Gasteiger partial charge in [-0.2, -0.15) is 13.2 Å². The average Bonchev–Trinajstić information content (AvgIpc) is 2.85. The summed E-state index contributed by atoms with van der Waals surface area (Å²) < 4.78 is 49.9. The van der Waals surface area contributed by atoms with Crippen molar-refractivity contribution < 1.29 is 37.0 Å². The standard InChI is InChI=1S/C27H28F3NO5/c1-4-22(25(33)35-5-2)31-17(3)24(26(34)36-16-18-9-7-6-8-10-18)21(15-23(31)32)19-11-13-20(14-12-19)27(28,29)30/h6-14,21-22H,4-5,15-16H2,1-3H3. The molecule has 192 valence electrons. The van der Waals surface area contributed by atoms with Crippen LogP contribution < -0.4 is 0 Å². The molecule has 0 saturated heterocycles. The van der Waals surface area contributed by atoms with Gasteiger partial charge < -0.3 is 14.4 Å². The van der Waals surface area contributed by atoms with E-state index in [4.69, 9.17) is 9.47 Å². The summed E-state index contributed by atoms with van der Waals surface area (Å²) in [5, 5.41) is 0. The Balaban J connectivity index is 2.03. The van der Waals surface area contributed by atoms with Gasteiger partial charge in [-0.25, -0.2) is 9.59 Å². The number of hydrogen-bond donors (Lipinski definition) is 0. The first-order chi connectivity index (χ1) is 17.1. The number of alkyl halides is 3. The molecular weight excluding hydrogens is 475 g/mol. The Morgan fingerprint density at radius 1 is 1.03 bits per heavy atom. The number of benzene rings is 2. The van der Waals surface area contributed by atoms with Gasteiger partial charge in [0.1, 0.15) is 12.6 Å².